The van der Waals surface area contributed by atoms with Gasteiger partial charge in [-0.15, -0.1) is 0 Å². The summed E-state index contributed by atoms with van der Waals surface area (Å²) >= 11 is 0. The fraction of sp³-hybridized carbons (Fsp3) is 0.375. The predicted molar refractivity (Wildman–Crippen MR) is 80.0 cm³/mol. The summed E-state index contributed by atoms with van der Waals surface area (Å²) in [6, 6.07) is 7.99. The number of hydrogen-bond donors (Lipinski definition) is 1. The number of nitrogens with zero attached hydrogens (tertiary/aromatic N) is 3. The molecule has 0 saturated heterocycles. The topological polar surface area (TPSA) is 59.6 Å². The van der Waals surface area contributed by atoms with Crippen LogP contribution in [-0.4, -0.2) is 20.7 Å². The van der Waals surface area contributed by atoms with Crippen molar-refractivity contribution in [2.45, 2.75) is 32.8 Å². The lowest BCUT2D eigenvalue weighted by Gasteiger charge is -2.08. The molecule has 2 aromatic rings. The zero-order valence-electron chi connectivity index (χ0n) is 12.3. The first kappa shape index (κ1) is 13.7. The predicted octanol–water partition coefficient (Wildman–Crippen LogP) is 2.69. The van der Waals surface area contributed by atoms with E-state index in [1.54, 1.807) is 0 Å². The highest BCUT2D eigenvalue weighted by atomic mass is 16.5. The van der Waals surface area contributed by atoms with E-state index in [1.165, 1.54) is 5.56 Å². The van der Waals surface area contributed by atoms with Crippen LogP contribution in [0.3, 0.4) is 0 Å². The van der Waals surface area contributed by atoms with Crippen molar-refractivity contribution in [3.8, 4) is 5.75 Å². The summed E-state index contributed by atoms with van der Waals surface area (Å²) in [5.41, 5.74) is 5.10. The molecule has 0 saturated carbocycles. The minimum Gasteiger partial charge on any atom is -0.487 e. The van der Waals surface area contributed by atoms with E-state index >= 15 is 0 Å². The smallest absolute Gasteiger partial charge is 0.130 e. The number of aryl methyl sites for hydroxylation is 3. The van der Waals surface area contributed by atoms with E-state index in [2.05, 4.69) is 23.2 Å². The van der Waals surface area contributed by atoms with Crippen LogP contribution in [-0.2, 0) is 26.5 Å². The van der Waals surface area contributed by atoms with Gasteiger partial charge in [0.15, 0.2) is 0 Å². The largest absolute Gasteiger partial charge is 0.487 e. The van der Waals surface area contributed by atoms with Gasteiger partial charge in [-0.1, -0.05) is 12.1 Å². The van der Waals surface area contributed by atoms with E-state index in [1.807, 2.05) is 29.9 Å². The van der Waals surface area contributed by atoms with Crippen molar-refractivity contribution < 1.29 is 9.94 Å². The van der Waals surface area contributed by atoms with Crippen LogP contribution in [0.15, 0.2) is 29.4 Å². The van der Waals surface area contributed by atoms with Crippen LogP contribution in [0.5, 0.6) is 5.75 Å². The molecule has 5 nitrogen and oxygen atoms in total. The molecule has 0 radical (unpaired) electrons. The molecule has 1 aliphatic rings. The van der Waals surface area contributed by atoms with Gasteiger partial charge in [-0.3, -0.25) is 4.68 Å². The van der Waals surface area contributed by atoms with Crippen molar-refractivity contribution >= 4 is 5.71 Å². The van der Waals surface area contributed by atoms with E-state index < -0.39 is 0 Å². The lowest BCUT2D eigenvalue weighted by atomic mass is 10.1. The Bertz CT molecular complexity index is 689. The number of ether oxygens (including phenoxy) is 1. The molecular formula is C16H19N3O2. The minimum atomic E-state index is 0.503. The third kappa shape index (κ3) is 2.63. The molecule has 0 fully saturated rings. The molecule has 1 heterocycles. The Morgan fingerprint density at radius 3 is 2.90 bits per heavy atom. The molecule has 1 N–H and O–H groups in total. The van der Waals surface area contributed by atoms with E-state index in [9.17, 15) is 0 Å². The lowest BCUT2D eigenvalue weighted by Crippen LogP contribution is -2.03. The molecule has 0 aliphatic heterocycles. The van der Waals surface area contributed by atoms with Crippen molar-refractivity contribution in [2.75, 3.05) is 0 Å². The van der Waals surface area contributed by atoms with Crippen molar-refractivity contribution in [3.05, 3.63) is 46.8 Å². The Morgan fingerprint density at radius 2 is 2.19 bits per heavy atom. The number of benzene rings is 1. The van der Waals surface area contributed by atoms with Crippen LogP contribution >= 0.6 is 0 Å². The molecule has 0 bridgehead atoms. The molecule has 110 valence electrons. The van der Waals surface area contributed by atoms with Crippen LogP contribution in [0.25, 0.3) is 0 Å². The second-order valence-corrected chi connectivity index (χ2v) is 5.26. The number of rotatable bonds is 4. The summed E-state index contributed by atoms with van der Waals surface area (Å²) in [7, 11) is 1.94. The fourth-order valence-electron chi connectivity index (χ4n) is 2.68. The normalized spacial score (nSPS) is 15.4. The molecule has 21 heavy (non-hydrogen) atoms. The molecule has 1 aromatic carbocycles. The van der Waals surface area contributed by atoms with Gasteiger partial charge in [-0.2, -0.15) is 5.10 Å². The molecule has 0 atom stereocenters. The summed E-state index contributed by atoms with van der Waals surface area (Å²) in [5, 5.41) is 16.7. The number of aromatic nitrogens is 2. The number of hydrogen-bond acceptors (Lipinski definition) is 4. The van der Waals surface area contributed by atoms with Gasteiger partial charge < -0.3 is 9.94 Å². The van der Waals surface area contributed by atoms with Crippen LogP contribution < -0.4 is 4.74 Å². The Balaban J connectivity index is 1.73. The fourth-order valence-corrected chi connectivity index (χ4v) is 2.68. The minimum absolute atomic E-state index is 0.503. The van der Waals surface area contributed by atoms with Gasteiger partial charge in [0.2, 0.25) is 0 Å². The summed E-state index contributed by atoms with van der Waals surface area (Å²) < 4.78 is 7.73. The zero-order chi connectivity index (χ0) is 14.8. The SMILES string of the molecule is CCc1cc(COc2ccc3c(c2)CC/C3=N\O)n(C)n1. The van der Waals surface area contributed by atoms with E-state index in [-0.39, 0.29) is 0 Å². The van der Waals surface area contributed by atoms with Crippen LogP contribution in [0.1, 0.15) is 35.9 Å². The third-order valence-corrected chi connectivity index (χ3v) is 3.92. The highest BCUT2D eigenvalue weighted by Gasteiger charge is 2.18. The maximum Gasteiger partial charge on any atom is 0.130 e. The maximum absolute atomic E-state index is 8.94. The third-order valence-electron chi connectivity index (χ3n) is 3.92. The van der Waals surface area contributed by atoms with Gasteiger partial charge in [0, 0.05) is 12.6 Å². The quantitative estimate of drug-likeness (QED) is 0.694. The highest BCUT2D eigenvalue weighted by Crippen LogP contribution is 2.27. The van der Waals surface area contributed by atoms with Crippen LogP contribution in [0.4, 0.5) is 0 Å². The molecule has 3 rings (SSSR count). The summed E-state index contributed by atoms with van der Waals surface area (Å²) in [5.74, 6) is 0.840. The first-order chi connectivity index (χ1) is 10.2. The van der Waals surface area contributed by atoms with Crippen molar-refractivity contribution in [1.82, 2.24) is 9.78 Å². The van der Waals surface area contributed by atoms with E-state index in [0.29, 0.717) is 6.61 Å². The van der Waals surface area contributed by atoms with Gasteiger partial charge in [-0.25, -0.2) is 0 Å². The van der Waals surface area contributed by atoms with Gasteiger partial charge >= 0.3 is 0 Å². The standard InChI is InChI=1S/C16H19N3O2/c1-3-12-9-13(19(2)17-12)10-21-14-5-6-15-11(8-14)4-7-16(15)18-20/h5-6,8-9,20H,3-4,7,10H2,1-2H3/b18-16+. The number of oxime groups is 1. The molecule has 0 amide bonds. The molecular weight excluding hydrogens is 266 g/mol. The maximum atomic E-state index is 8.94. The zero-order valence-corrected chi connectivity index (χ0v) is 12.3. The van der Waals surface area contributed by atoms with Crippen molar-refractivity contribution in [2.24, 2.45) is 12.2 Å². The lowest BCUT2D eigenvalue weighted by molar-refractivity contribution is 0.294. The molecule has 1 aliphatic carbocycles. The number of fused-ring (bicyclic) bond motifs is 1. The second kappa shape index (κ2) is 5.60. The Kier molecular flexibility index (Phi) is 3.64. The average molecular weight is 285 g/mol. The van der Waals surface area contributed by atoms with Crippen molar-refractivity contribution in [3.63, 3.8) is 0 Å². The average Bonchev–Trinajstić information content (AvgIpc) is 3.07. The van der Waals surface area contributed by atoms with E-state index in [4.69, 9.17) is 9.94 Å². The molecule has 0 spiro atoms. The van der Waals surface area contributed by atoms with Crippen LogP contribution in [0, 0.1) is 0 Å². The Hall–Kier alpha value is -2.30. The van der Waals surface area contributed by atoms with Crippen molar-refractivity contribution in [1.29, 1.82) is 0 Å². The summed E-state index contributed by atoms with van der Waals surface area (Å²) in [4.78, 5) is 0. The first-order valence-electron chi connectivity index (χ1n) is 7.20. The van der Waals surface area contributed by atoms with E-state index in [0.717, 1.165) is 47.7 Å². The highest BCUT2D eigenvalue weighted by molar-refractivity contribution is 6.04. The van der Waals surface area contributed by atoms with Gasteiger partial charge in [0.05, 0.1) is 17.1 Å². The van der Waals surface area contributed by atoms with Gasteiger partial charge in [0.1, 0.15) is 12.4 Å². The van der Waals surface area contributed by atoms with Crippen LogP contribution in [0.2, 0.25) is 0 Å². The Morgan fingerprint density at radius 1 is 1.33 bits per heavy atom. The Labute approximate surface area is 123 Å². The first-order valence-corrected chi connectivity index (χ1v) is 7.20. The van der Waals surface area contributed by atoms with Gasteiger partial charge in [-0.05, 0) is 49.1 Å². The molecule has 1 aromatic heterocycles. The molecule has 5 heteroatoms. The second-order valence-electron chi connectivity index (χ2n) is 5.26. The summed E-state index contributed by atoms with van der Waals surface area (Å²) in [6.07, 6.45) is 2.62. The molecule has 0 unspecified atom stereocenters. The monoisotopic (exact) mass is 285 g/mol. The van der Waals surface area contributed by atoms with Gasteiger partial charge in [0.25, 0.3) is 0 Å². The summed E-state index contributed by atoms with van der Waals surface area (Å²) in [6.45, 7) is 2.59.